The molecule has 0 unspecified atom stereocenters. The van der Waals surface area contributed by atoms with Crippen LogP contribution in [0, 0.1) is 0 Å². The van der Waals surface area contributed by atoms with Crippen molar-refractivity contribution in [1.29, 1.82) is 0 Å². The summed E-state index contributed by atoms with van der Waals surface area (Å²) in [6, 6.07) is 0. The number of carbonyl (C=O) groups is 2. The van der Waals surface area contributed by atoms with Crippen molar-refractivity contribution < 1.29 is 24.9 Å². The van der Waals surface area contributed by atoms with Gasteiger partial charge < -0.3 is 15.3 Å². The summed E-state index contributed by atoms with van der Waals surface area (Å²) in [6.45, 7) is 11.1. The topological polar surface area (TPSA) is 94.8 Å². The lowest BCUT2D eigenvalue weighted by atomic mass is 10.4. The first-order valence-corrected chi connectivity index (χ1v) is 4.09. The van der Waals surface area contributed by atoms with Gasteiger partial charge in [0.25, 0.3) is 0 Å². The van der Waals surface area contributed by atoms with Gasteiger partial charge in [0.15, 0.2) is 0 Å². The molecule has 0 aromatic heterocycles. The molecule has 0 bridgehead atoms. The molecule has 5 nitrogen and oxygen atoms in total. The first-order chi connectivity index (χ1) is 6.70. The Morgan fingerprint density at radius 1 is 1.00 bits per heavy atom. The molecule has 0 spiro atoms. The zero-order valence-electron chi connectivity index (χ0n) is 9.28. The third-order valence-electron chi connectivity index (χ3n) is 0.730. The van der Waals surface area contributed by atoms with Crippen LogP contribution in [-0.4, -0.2) is 33.9 Å². The molecule has 0 radical (unpaired) electrons. The summed E-state index contributed by atoms with van der Waals surface area (Å²) < 4.78 is 0. The van der Waals surface area contributed by atoms with Crippen molar-refractivity contribution in [2.24, 2.45) is 0 Å². The van der Waals surface area contributed by atoms with Crippen LogP contribution in [0.15, 0.2) is 24.3 Å². The van der Waals surface area contributed by atoms with E-state index in [1.807, 2.05) is 0 Å². The van der Waals surface area contributed by atoms with Gasteiger partial charge in [-0.05, 0) is 20.8 Å². The van der Waals surface area contributed by atoms with Crippen LogP contribution in [0.5, 0.6) is 0 Å². The van der Waals surface area contributed by atoms with E-state index in [0.29, 0.717) is 0 Å². The maximum absolute atomic E-state index is 9.60. The van der Waals surface area contributed by atoms with E-state index in [4.69, 9.17) is 15.3 Å². The summed E-state index contributed by atoms with van der Waals surface area (Å²) >= 11 is 0. The number of aliphatic hydroxyl groups excluding tert-OH is 1. The van der Waals surface area contributed by atoms with Gasteiger partial charge >= 0.3 is 11.9 Å². The highest BCUT2D eigenvalue weighted by Gasteiger charge is 1.90. The minimum absolute atomic E-state index is 0.176. The molecule has 0 fully saturated rings. The largest absolute Gasteiger partial charge is 0.478 e. The Balaban J connectivity index is -0.000000153. The Morgan fingerprint density at radius 3 is 1.07 bits per heavy atom. The fourth-order valence-electron chi connectivity index (χ4n) is 0. The Morgan fingerprint density at radius 2 is 1.07 bits per heavy atom. The van der Waals surface area contributed by atoms with Crippen LogP contribution in [0.3, 0.4) is 0 Å². The Labute approximate surface area is 89.4 Å². The maximum atomic E-state index is 9.60. The summed E-state index contributed by atoms with van der Waals surface area (Å²) in [5.41, 5.74) is 0.352. The Hall–Kier alpha value is -1.62. The molecule has 3 N–H and O–H groups in total. The molecule has 0 aliphatic carbocycles. The molecule has 0 heterocycles. The molecule has 0 amide bonds. The lowest BCUT2D eigenvalue weighted by Crippen LogP contribution is -1.92. The number of carboxylic acids is 2. The highest BCUT2D eigenvalue weighted by atomic mass is 16.4. The zero-order valence-corrected chi connectivity index (χ0v) is 9.28. The predicted molar refractivity (Wildman–Crippen MR) is 57.7 cm³/mol. The van der Waals surface area contributed by atoms with E-state index in [9.17, 15) is 9.59 Å². The molecule has 0 saturated carbocycles. The quantitative estimate of drug-likeness (QED) is 0.607. The lowest BCUT2D eigenvalue weighted by Gasteiger charge is -1.79. The normalized spacial score (nSPS) is 7.20. The van der Waals surface area contributed by atoms with Crippen molar-refractivity contribution in [3.8, 4) is 0 Å². The molecular weight excluding hydrogens is 200 g/mol. The zero-order chi connectivity index (χ0) is 13.0. The smallest absolute Gasteiger partial charge is 0.330 e. The van der Waals surface area contributed by atoms with Crippen LogP contribution in [0.1, 0.15) is 20.8 Å². The summed E-state index contributed by atoms with van der Waals surface area (Å²) in [6.07, 6.45) is 0. The predicted octanol–water partition coefficient (Wildman–Crippen LogP) is 1.29. The van der Waals surface area contributed by atoms with Crippen molar-refractivity contribution >= 4 is 11.9 Å². The monoisotopic (exact) mass is 218 g/mol. The van der Waals surface area contributed by atoms with Gasteiger partial charge in [-0.1, -0.05) is 13.2 Å². The SMILES string of the molecule is C=C(C)C(=O)O.C=C(C)C(=O)O.CCO. The van der Waals surface area contributed by atoms with Gasteiger partial charge in [0.05, 0.1) is 0 Å². The highest BCUT2D eigenvalue weighted by Crippen LogP contribution is 1.81. The minimum Gasteiger partial charge on any atom is -0.478 e. The Kier molecular flexibility index (Phi) is 15.7. The van der Waals surface area contributed by atoms with E-state index in [1.54, 1.807) is 6.92 Å². The van der Waals surface area contributed by atoms with Crippen LogP contribution in [0.4, 0.5) is 0 Å². The second-order valence-electron chi connectivity index (χ2n) is 2.49. The van der Waals surface area contributed by atoms with Gasteiger partial charge in [0.1, 0.15) is 0 Å². The molecule has 0 aromatic carbocycles. The van der Waals surface area contributed by atoms with Gasteiger partial charge in [0.2, 0.25) is 0 Å². The molecule has 88 valence electrons. The summed E-state index contributed by atoms with van der Waals surface area (Å²) in [4.78, 5) is 19.2. The van der Waals surface area contributed by atoms with Crippen LogP contribution >= 0.6 is 0 Å². The van der Waals surface area contributed by atoms with E-state index in [-0.39, 0.29) is 17.8 Å². The number of aliphatic carboxylic acids is 2. The number of hydrogen-bond donors (Lipinski definition) is 3. The number of hydrogen-bond acceptors (Lipinski definition) is 3. The van der Waals surface area contributed by atoms with Gasteiger partial charge in [0, 0.05) is 17.8 Å². The summed E-state index contributed by atoms with van der Waals surface area (Å²) in [7, 11) is 0. The Bertz CT molecular complexity index is 182. The fourth-order valence-corrected chi connectivity index (χ4v) is 0. The van der Waals surface area contributed by atoms with Crippen LogP contribution in [0.25, 0.3) is 0 Å². The van der Waals surface area contributed by atoms with E-state index >= 15 is 0 Å². The van der Waals surface area contributed by atoms with E-state index in [1.165, 1.54) is 13.8 Å². The first-order valence-electron chi connectivity index (χ1n) is 4.09. The van der Waals surface area contributed by atoms with Crippen LogP contribution in [0.2, 0.25) is 0 Å². The van der Waals surface area contributed by atoms with Gasteiger partial charge in [-0.3, -0.25) is 0 Å². The van der Waals surface area contributed by atoms with E-state index in [2.05, 4.69) is 13.2 Å². The second-order valence-corrected chi connectivity index (χ2v) is 2.49. The van der Waals surface area contributed by atoms with Crippen molar-refractivity contribution in [2.45, 2.75) is 20.8 Å². The van der Waals surface area contributed by atoms with Crippen molar-refractivity contribution in [3.63, 3.8) is 0 Å². The minimum atomic E-state index is -0.935. The van der Waals surface area contributed by atoms with Gasteiger partial charge in [-0.15, -0.1) is 0 Å². The molecular formula is C10H18O5. The van der Waals surface area contributed by atoms with Crippen LogP contribution < -0.4 is 0 Å². The van der Waals surface area contributed by atoms with Crippen LogP contribution in [-0.2, 0) is 9.59 Å². The third kappa shape index (κ3) is 32.8. The van der Waals surface area contributed by atoms with E-state index in [0.717, 1.165) is 0 Å². The molecule has 0 aliphatic rings. The maximum Gasteiger partial charge on any atom is 0.330 e. The third-order valence-corrected chi connectivity index (χ3v) is 0.730. The average molecular weight is 218 g/mol. The molecule has 0 aliphatic heterocycles. The second kappa shape index (κ2) is 12.4. The average Bonchev–Trinajstić information content (AvgIpc) is 2.06. The standard InChI is InChI=1S/2C4H6O2.C2H6O/c2*1-3(2)4(5)6;1-2-3/h2*1H2,2H3,(H,5,6);3H,2H2,1H3. The fraction of sp³-hybridized carbons (Fsp3) is 0.400. The molecule has 0 saturated heterocycles. The molecule has 0 rings (SSSR count). The first kappa shape index (κ1) is 19.0. The van der Waals surface area contributed by atoms with Crippen molar-refractivity contribution in [2.75, 3.05) is 6.61 Å². The lowest BCUT2D eigenvalue weighted by molar-refractivity contribution is -0.133. The highest BCUT2D eigenvalue weighted by molar-refractivity contribution is 5.85. The molecule has 0 aromatic rings. The summed E-state index contributed by atoms with van der Waals surface area (Å²) in [5, 5.41) is 23.4. The van der Waals surface area contributed by atoms with Crippen molar-refractivity contribution in [3.05, 3.63) is 24.3 Å². The molecule has 5 heteroatoms. The summed E-state index contributed by atoms with van der Waals surface area (Å²) in [5.74, 6) is -1.87. The van der Waals surface area contributed by atoms with E-state index < -0.39 is 11.9 Å². The number of aliphatic hydroxyl groups is 1. The van der Waals surface area contributed by atoms with Gasteiger partial charge in [-0.2, -0.15) is 0 Å². The van der Waals surface area contributed by atoms with Crippen molar-refractivity contribution in [1.82, 2.24) is 0 Å². The van der Waals surface area contributed by atoms with Gasteiger partial charge in [-0.25, -0.2) is 9.59 Å². The molecule has 0 atom stereocenters. The number of rotatable bonds is 2. The number of carboxylic acid groups (broad SMARTS) is 2. The molecule has 15 heavy (non-hydrogen) atoms.